The van der Waals surface area contributed by atoms with Crippen LogP contribution >= 0.6 is 15.9 Å². The molecule has 1 rings (SSSR count). The summed E-state index contributed by atoms with van der Waals surface area (Å²) in [6.45, 7) is 1.97. The van der Waals surface area contributed by atoms with E-state index < -0.39 is 0 Å². The molecule has 0 spiro atoms. The van der Waals surface area contributed by atoms with Crippen molar-refractivity contribution in [3.63, 3.8) is 0 Å². The van der Waals surface area contributed by atoms with Crippen LogP contribution in [0.2, 0.25) is 0 Å². The summed E-state index contributed by atoms with van der Waals surface area (Å²) in [5.74, 6) is 0. The van der Waals surface area contributed by atoms with E-state index in [0.29, 0.717) is 19.8 Å². The summed E-state index contributed by atoms with van der Waals surface area (Å²) < 4.78 is 11.4. The molecule has 0 radical (unpaired) electrons. The topological polar surface area (TPSA) is 44.5 Å². The van der Waals surface area contributed by atoms with Gasteiger partial charge in [-0.3, -0.25) is 0 Å². The van der Waals surface area contributed by atoms with Gasteiger partial charge in [-0.15, -0.1) is 0 Å². The molecule has 2 N–H and O–H groups in total. The lowest BCUT2D eigenvalue weighted by atomic mass is 10.0. The fourth-order valence-corrected chi connectivity index (χ4v) is 1.99. The van der Waals surface area contributed by atoms with Crippen molar-refractivity contribution >= 4 is 15.9 Å². The SMILES string of the molecule is COCCOCCC(N)Cc1cccc(Br)c1. The molecule has 4 heteroatoms. The van der Waals surface area contributed by atoms with Crippen molar-refractivity contribution in [3.05, 3.63) is 34.3 Å². The van der Waals surface area contributed by atoms with E-state index in [4.69, 9.17) is 15.2 Å². The third kappa shape index (κ3) is 6.78. The van der Waals surface area contributed by atoms with Crippen LogP contribution in [-0.4, -0.2) is 33.0 Å². The van der Waals surface area contributed by atoms with Gasteiger partial charge in [0.2, 0.25) is 0 Å². The van der Waals surface area contributed by atoms with E-state index in [2.05, 4.69) is 28.1 Å². The lowest BCUT2D eigenvalue weighted by molar-refractivity contribution is 0.0672. The Morgan fingerprint density at radius 2 is 2.12 bits per heavy atom. The maximum Gasteiger partial charge on any atom is 0.0700 e. The second kappa shape index (κ2) is 8.64. The molecule has 0 bridgehead atoms. The highest BCUT2D eigenvalue weighted by Crippen LogP contribution is 2.13. The first-order valence-corrected chi connectivity index (χ1v) is 6.58. The van der Waals surface area contributed by atoms with Crippen LogP contribution < -0.4 is 5.73 Å². The first kappa shape index (κ1) is 14.6. The Morgan fingerprint density at radius 1 is 1.29 bits per heavy atom. The van der Waals surface area contributed by atoms with Crippen molar-refractivity contribution in [2.45, 2.75) is 18.9 Å². The highest BCUT2D eigenvalue weighted by Gasteiger charge is 2.04. The molecule has 1 atom stereocenters. The largest absolute Gasteiger partial charge is 0.382 e. The smallest absolute Gasteiger partial charge is 0.0700 e. The molecule has 0 heterocycles. The quantitative estimate of drug-likeness (QED) is 0.750. The number of methoxy groups -OCH3 is 1. The van der Waals surface area contributed by atoms with E-state index in [1.807, 2.05) is 12.1 Å². The van der Waals surface area contributed by atoms with Crippen LogP contribution in [0.1, 0.15) is 12.0 Å². The van der Waals surface area contributed by atoms with Crippen LogP contribution in [-0.2, 0) is 15.9 Å². The highest BCUT2D eigenvalue weighted by atomic mass is 79.9. The summed E-state index contributed by atoms with van der Waals surface area (Å²) in [5.41, 5.74) is 7.30. The van der Waals surface area contributed by atoms with Gasteiger partial charge in [0.25, 0.3) is 0 Å². The van der Waals surface area contributed by atoms with Crippen molar-refractivity contribution in [1.82, 2.24) is 0 Å². The van der Waals surface area contributed by atoms with Gasteiger partial charge in [-0.1, -0.05) is 28.1 Å². The minimum Gasteiger partial charge on any atom is -0.382 e. The molecule has 1 aromatic rings. The first-order chi connectivity index (χ1) is 8.22. The standard InChI is InChI=1S/C13H20BrNO2/c1-16-7-8-17-6-5-13(15)10-11-3-2-4-12(14)9-11/h2-4,9,13H,5-8,10,15H2,1H3. The van der Waals surface area contributed by atoms with Gasteiger partial charge in [-0.25, -0.2) is 0 Å². The van der Waals surface area contributed by atoms with Gasteiger partial charge in [0.1, 0.15) is 0 Å². The summed E-state index contributed by atoms with van der Waals surface area (Å²) in [5, 5.41) is 0. The number of ether oxygens (including phenoxy) is 2. The van der Waals surface area contributed by atoms with Crippen molar-refractivity contribution in [2.24, 2.45) is 5.73 Å². The van der Waals surface area contributed by atoms with Crippen LogP contribution in [0.15, 0.2) is 28.7 Å². The molecule has 1 aromatic carbocycles. The third-order valence-electron chi connectivity index (χ3n) is 2.45. The predicted molar refractivity (Wildman–Crippen MR) is 73.1 cm³/mol. The molecule has 17 heavy (non-hydrogen) atoms. The maximum atomic E-state index is 6.04. The number of halogens is 1. The minimum absolute atomic E-state index is 0.145. The van der Waals surface area contributed by atoms with Crippen LogP contribution in [0.3, 0.4) is 0 Å². The van der Waals surface area contributed by atoms with Gasteiger partial charge >= 0.3 is 0 Å². The molecule has 96 valence electrons. The van der Waals surface area contributed by atoms with Gasteiger partial charge in [-0.2, -0.15) is 0 Å². The molecule has 3 nitrogen and oxygen atoms in total. The van der Waals surface area contributed by atoms with Crippen LogP contribution in [0.4, 0.5) is 0 Å². The second-order valence-electron chi connectivity index (χ2n) is 3.99. The van der Waals surface area contributed by atoms with Crippen LogP contribution in [0, 0.1) is 0 Å². The number of nitrogens with two attached hydrogens (primary N) is 1. The van der Waals surface area contributed by atoms with Crippen LogP contribution in [0.5, 0.6) is 0 Å². The van der Waals surface area contributed by atoms with Gasteiger partial charge in [0.05, 0.1) is 13.2 Å². The molecule has 0 aromatic heterocycles. The van der Waals surface area contributed by atoms with Crippen molar-refractivity contribution in [2.75, 3.05) is 26.9 Å². The Balaban J connectivity index is 2.18. The molecule has 0 amide bonds. The maximum absolute atomic E-state index is 6.04. The first-order valence-electron chi connectivity index (χ1n) is 5.79. The Labute approximate surface area is 111 Å². The number of rotatable bonds is 8. The van der Waals surface area contributed by atoms with E-state index in [-0.39, 0.29) is 6.04 Å². The van der Waals surface area contributed by atoms with E-state index in [9.17, 15) is 0 Å². The third-order valence-corrected chi connectivity index (χ3v) is 2.94. The molecule has 1 unspecified atom stereocenters. The summed E-state index contributed by atoms with van der Waals surface area (Å²) in [6.07, 6.45) is 1.75. The molecule has 0 aliphatic carbocycles. The van der Waals surface area contributed by atoms with Gasteiger partial charge in [-0.05, 0) is 30.5 Å². The number of hydrogen-bond acceptors (Lipinski definition) is 3. The Kier molecular flexibility index (Phi) is 7.44. The van der Waals surface area contributed by atoms with Crippen LogP contribution in [0.25, 0.3) is 0 Å². The summed E-state index contributed by atoms with van der Waals surface area (Å²) >= 11 is 3.45. The summed E-state index contributed by atoms with van der Waals surface area (Å²) in [7, 11) is 1.67. The number of benzene rings is 1. The average Bonchev–Trinajstić information content (AvgIpc) is 2.29. The van der Waals surface area contributed by atoms with Crippen molar-refractivity contribution in [3.8, 4) is 0 Å². The van der Waals surface area contributed by atoms with Crippen molar-refractivity contribution in [1.29, 1.82) is 0 Å². The lowest BCUT2D eigenvalue weighted by Crippen LogP contribution is -2.25. The summed E-state index contributed by atoms with van der Waals surface area (Å²) in [6, 6.07) is 8.39. The zero-order chi connectivity index (χ0) is 12.5. The van der Waals surface area contributed by atoms with Gasteiger partial charge in [0, 0.05) is 24.2 Å². The zero-order valence-corrected chi connectivity index (χ0v) is 11.8. The molecular formula is C13H20BrNO2. The lowest BCUT2D eigenvalue weighted by Gasteiger charge is -2.12. The molecule has 0 saturated carbocycles. The predicted octanol–water partition coefficient (Wildman–Crippen LogP) is 2.37. The number of hydrogen-bond donors (Lipinski definition) is 1. The molecular weight excluding hydrogens is 282 g/mol. The van der Waals surface area contributed by atoms with Gasteiger partial charge < -0.3 is 15.2 Å². The Bertz CT molecular complexity index is 320. The minimum atomic E-state index is 0.145. The fourth-order valence-electron chi connectivity index (χ4n) is 1.55. The fraction of sp³-hybridized carbons (Fsp3) is 0.538. The monoisotopic (exact) mass is 301 g/mol. The van der Waals surface area contributed by atoms with Gasteiger partial charge in [0.15, 0.2) is 0 Å². The average molecular weight is 302 g/mol. The zero-order valence-electron chi connectivity index (χ0n) is 10.2. The normalized spacial score (nSPS) is 12.6. The Morgan fingerprint density at radius 3 is 2.82 bits per heavy atom. The molecule has 0 aliphatic heterocycles. The molecule has 0 aliphatic rings. The van der Waals surface area contributed by atoms with Crippen molar-refractivity contribution < 1.29 is 9.47 Å². The molecule has 0 fully saturated rings. The van der Waals surface area contributed by atoms with E-state index in [1.165, 1.54) is 5.56 Å². The van der Waals surface area contributed by atoms with E-state index in [1.54, 1.807) is 7.11 Å². The summed E-state index contributed by atoms with van der Waals surface area (Å²) in [4.78, 5) is 0. The second-order valence-corrected chi connectivity index (χ2v) is 4.90. The molecule has 0 saturated heterocycles. The van der Waals surface area contributed by atoms with E-state index in [0.717, 1.165) is 17.3 Å². The van der Waals surface area contributed by atoms with E-state index >= 15 is 0 Å². The Hall–Kier alpha value is -0.420. The highest BCUT2D eigenvalue weighted by molar-refractivity contribution is 9.10.